The fourth-order valence-corrected chi connectivity index (χ4v) is 5.05. The first-order valence-corrected chi connectivity index (χ1v) is 11.7. The average Bonchev–Trinajstić information content (AvgIpc) is 3.20. The third-order valence-corrected chi connectivity index (χ3v) is 6.76. The number of nitrogens with one attached hydrogen (secondary N) is 1. The van der Waals surface area contributed by atoms with E-state index in [2.05, 4.69) is 21.2 Å². The van der Waals surface area contributed by atoms with E-state index in [0.717, 1.165) is 10.0 Å². The van der Waals surface area contributed by atoms with Crippen LogP contribution in [-0.4, -0.2) is 31.8 Å². The van der Waals surface area contributed by atoms with E-state index in [4.69, 9.17) is 9.47 Å². The van der Waals surface area contributed by atoms with E-state index in [1.54, 1.807) is 49.1 Å². The molecule has 1 atom stereocenters. The molecule has 1 aliphatic heterocycles. The molecule has 2 amide bonds. The highest BCUT2D eigenvalue weighted by Crippen LogP contribution is 2.45. The van der Waals surface area contributed by atoms with Crippen LogP contribution in [0.15, 0.2) is 71.2 Å². The first kappa shape index (κ1) is 22.2. The number of carbonyl (C=O) groups excluding carboxylic acids is 2. The van der Waals surface area contributed by atoms with Crippen molar-refractivity contribution >= 4 is 50.9 Å². The highest BCUT2D eigenvalue weighted by atomic mass is 79.9. The summed E-state index contributed by atoms with van der Waals surface area (Å²) < 4.78 is 11.6. The van der Waals surface area contributed by atoms with Crippen LogP contribution < -0.4 is 19.7 Å². The normalized spacial score (nSPS) is 15.5. The van der Waals surface area contributed by atoms with Crippen LogP contribution in [0.5, 0.6) is 11.5 Å². The van der Waals surface area contributed by atoms with Crippen LogP contribution in [0.1, 0.15) is 21.3 Å². The lowest BCUT2D eigenvalue weighted by Crippen LogP contribution is -2.28. The zero-order chi connectivity index (χ0) is 22.7. The quantitative estimate of drug-likeness (QED) is 0.472. The minimum atomic E-state index is -0.195. The first-order chi connectivity index (χ1) is 15.5. The molecule has 1 heterocycles. The second kappa shape index (κ2) is 9.67. The van der Waals surface area contributed by atoms with Crippen LogP contribution in [0.2, 0.25) is 0 Å². The Hall–Kier alpha value is -2.97. The third kappa shape index (κ3) is 4.61. The monoisotopic (exact) mass is 512 g/mol. The molecule has 1 unspecified atom stereocenters. The number of hydrogen-bond acceptors (Lipinski definition) is 5. The number of amides is 2. The smallest absolute Gasteiger partial charge is 0.255 e. The molecule has 0 aliphatic carbocycles. The van der Waals surface area contributed by atoms with Gasteiger partial charge in [0.05, 0.1) is 25.7 Å². The van der Waals surface area contributed by atoms with E-state index in [0.29, 0.717) is 34.2 Å². The molecule has 0 saturated carbocycles. The Bertz CT molecular complexity index is 1150. The molecule has 8 heteroatoms. The van der Waals surface area contributed by atoms with Crippen LogP contribution in [0.25, 0.3) is 0 Å². The van der Waals surface area contributed by atoms with E-state index in [1.807, 2.05) is 48.5 Å². The number of rotatable bonds is 6. The summed E-state index contributed by atoms with van der Waals surface area (Å²) in [6.07, 6.45) is 0. The summed E-state index contributed by atoms with van der Waals surface area (Å²) >= 11 is 4.93. The standard InChI is InChI=1S/C24H21BrN2O4S/c1-30-19-10-11-20(21(13-19)31-2)27-22(28)14-32-24(27)15-6-8-18(9-7-15)26-23(29)16-4-3-5-17(25)12-16/h3-13,24H,14H2,1-2H3,(H,26,29). The van der Waals surface area contributed by atoms with Crippen molar-refractivity contribution in [3.05, 3.63) is 82.3 Å². The summed E-state index contributed by atoms with van der Waals surface area (Å²) in [6, 6.07) is 20.2. The Morgan fingerprint density at radius 3 is 2.53 bits per heavy atom. The predicted octanol–water partition coefficient (Wildman–Crippen LogP) is 5.50. The zero-order valence-corrected chi connectivity index (χ0v) is 19.9. The highest BCUT2D eigenvalue weighted by Gasteiger charge is 2.35. The topological polar surface area (TPSA) is 67.9 Å². The Kier molecular flexibility index (Phi) is 6.72. The molecule has 0 bridgehead atoms. The molecule has 4 rings (SSSR count). The Balaban J connectivity index is 1.55. The van der Waals surface area contributed by atoms with Crippen molar-refractivity contribution in [3.8, 4) is 11.5 Å². The van der Waals surface area contributed by atoms with Gasteiger partial charge in [0.25, 0.3) is 5.91 Å². The van der Waals surface area contributed by atoms with Crippen LogP contribution in [0.4, 0.5) is 11.4 Å². The van der Waals surface area contributed by atoms with Crippen LogP contribution >= 0.6 is 27.7 Å². The van der Waals surface area contributed by atoms with Crippen LogP contribution in [-0.2, 0) is 4.79 Å². The van der Waals surface area contributed by atoms with Gasteiger partial charge in [-0.3, -0.25) is 14.5 Å². The lowest BCUT2D eigenvalue weighted by molar-refractivity contribution is -0.115. The number of anilines is 2. The summed E-state index contributed by atoms with van der Waals surface area (Å²) in [5.74, 6) is 1.43. The fraction of sp³-hybridized carbons (Fsp3) is 0.167. The molecule has 3 aromatic carbocycles. The Morgan fingerprint density at radius 2 is 1.84 bits per heavy atom. The molecule has 3 aromatic rings. The summed E-state index contributed by atoms with van der Waals surface area (Å²) in [5, 5.41) is 2.71. The van der Waals surface area contributed by atoms with Gasteiger partial charge >= 0.3 is 0 Å². The predicted molar refractivity (Wildman–Crippen MR) is 131 cm³/mol. The Morgan fingerprint density at radius 1 is 1.06 bits per heavy atom. The van der Waals surface area contributed by atoms with Gasteiger partial charge in [-0.05, 0) is 48.0 Å². The molecule has 6 nitrogen and oxygen atoms in total. The zero-order valence-electron chi connectivity index (χ0n) is 17.5. The molecule has 0 spiro atoms. The largest absolute Gasteiger partial charge is 0.497 e. The van der Waals surface area contributed by atoms with Crippen molar-refractivity contribution < 1.29 is 19.1 Å². The average molecular weight is 513 g/mol. The molecular weight excluding hydrogens is 492 g/mol. The highest BCUT2D eigenvalue weighted by molar-refractivity contribution is 9.10. The van der Waals surface area contributed by atoms with Crippen molar-refractivity contribution in [1.29, 1.82) is 0 Å². The van der Waals surface area contributed by atoms with Gasteiger partial charge < -0.3 is 14.8 Å². The number of benzene rings is 3. The van der Waals surface area contributed by atoms with Gasteiger partial charge in [-0.25, -0.2) is 0 Å². The molecule has 1 fully saturated rings. The fourth-order valence-electron chi connectivity index (χ4n) is 3.48. The minimum absolute atomic E-state index is 0.00972. The first-order valence-electron chi connectivity index (χ1n) is 9.82. The van der Waals surface area contributed by atoms with E-state index in [-0.39, 0.29) is 17.2 Å². The Labute approximate surface area is 199 Å². The maximum atomic E-state index is 12.7. The minimum Gasteiger partial charge on any atom is -0.497 e. The molecule has 32 heavy (non-hydrogen) atoms. The number of carbonyl (C=O) groups is 2. The lowest BCUT2D eigenvalue weighted by Gasteiger charge is -2.26. The van der Waals surface area contributed by atoms with E-state index < -0.39 is 0 Å². The molecule has 164 valence electrons. The number of hydrogen-bond donors (Lipinski definition) is 1. The third-order valence-electron chi connectivity index (χ3n) is 5.05. The molecular formula is C24H21BrN2O4S. The summed E-state index contributed by atoms with van der Waals surface area (Å²) in [5.41, 5.74) is 2.90. The number of methoxy groups -OCH3 is 2. The van der Waals surface area contributed by atoms with Crippen molar-refractivity contribution in [2.75, 3.05) is 30.2 Å². The van der Waals surface area contributed by atoms with Gasteiger partial charge in [0.1, 0.15) is 16.9 Å². The summed E-state index contributed by atoms with van der Waals surface area (Å²) in [7, 11) is 3.16. The summed E-state index contributed by atoms with van der Waals surface area (Å²) in [6.45, 7) is 0. The van der Waals surface area contributed by atoms with E-state index >= 15 is 0 Å². The van der Waals surface area contributed by atoms with Gasteiger partial charge in [0.2, 0.25) is 5.91 Å². The molecule has 1 N–H and O–H groups in total. The molecule has 0 radical (unpaired) electrons. The van der Waals surface area contributed by atoms with Gasteiger partial charge in [0, 0.05) is 21.8 Å². The molecule has 1 aliphatic rings. The maximum absolute atomic E-state index is 12.7. The van der Waals surface area contributed by atoms with Gasteiger partial charge in [-0.15, -0.1) is 11.8 Å². The van der Waals surface area contributed by atoms with Gasteiger partial charge in [-0.2, -0.15) is 0 Å². The van der Waals surface area contributed by atoms with Crippen molar-refractivity contribution in [2.24, 2.45) is 0 Å². The van der Waals surface area contributed by atoms with Crippen molar-refractivity contribution in [3.63, 3.8) is 0 Å². The number of thioether (sulfide) groups is 1. The van der Waals surface area contributed by atoms with Gasteiger partial charge in [-0.1, -0.05) is 34.1 Å². The van der Waals surface area contributed by atoms with Crippen molar-refractivity contribution in [2.45, 2.75) is 5.37 Å². The second-order valence-electron chi connectivity index (χ2n) is 7.05. The summed E-state index contributed by atoms with van der Waals surface area (Å²) in [4.78, 5) is 27.0. The second-order valence-corrected chi connectivity index (χ2v) is 9.04. The number of nitrogens with zero attached hydrogens (tertiary/aromatic N) is 1. The molecule has 1 saturated heterocycles. The van der Waals surface area contributed by atoms with Crippen LogP contribution in [0.3, 0.4) is 0 Å². The lowest BCUT2D eigenvalue weighted by atomic mass is 10.1. The number of halogens is 1. The SMILES string of the molecule is COc1ccc(N2C(=O)CSC2c2ccc(NC(=O)c3cccc(Br)c3)cc2)c(OC)c1. The molecule has 0 aromatic heterocycles. The van der Waals surface area contributed by atoms with Crippen LogP contribution in [0, 0.1) is 0 Å². The van der Waals surface area contributed by atoms with Gasteiger partial charge in [0.15, 0.2) is 0 Å². The number of ether oxygens (including phenoxy) is 2. The van der Waals surface area contributed by atoms with E-state index in [1.165, 1.54) is 0 Å². The van der Waals surface area contributed by atoms with Crippen molar-refractivity contribution in [1.82, 2.24) is 0 Å². The maximum Gasteiger partial charge on any atom is 0.255 e. The van der Waals surface area contributed by atoms with E-state index in [9.17, 15) is 9.59 Å².